The second-order valence-electron chi connectivity index (χ2n) is 5.89. The van der Waals surface area contributed by atoms with Gasteiger partial charge in [-0.1, -0.05) is 20.8 Å². The van der Waals surface area contributed by atoms with Crippen molar-refractivity contribution < 1.29 is 4.74 Å². The van der Waals surface area contributed by atoms with Gasteiger partial charge < -0.3 is 10.2 Å². The fraction of sp³-hybridized carbons (Fsp3) is 0.733. The molecule has 1 fully saturated rings. The van der Waals surface area contributed by atoms with Gasteiger partial charge in [0.1, 0.15) is 11.9 Å². The Bertz CT molecular complexity index is 475. The summed E-state index contributed by atoms with van der Waals surface area (Å²) in [7, 11) is 0. The Kier molecular flexibility index (Phi) is 5.50. The van der Waals surface area contributed by atoms with E-state index in [0.717, 1.165) is 49.7 Å². The molecule has 6 nitrogen and oxygen atoms in total. The molecule has 0 radical (unpaired) electrons. The molecule has 1 aliphatic heterocycles. The molecule has 1 atom stereocenters. The van der Waals surface area contributed by atoms with Crippen LogP contribution in [0.3, 0.4) is 0 Å². The maximum Gasteiger partial charge on any atom is 0.161 e. The third-order valence-electron chi connectivity index (χ3n) is 3.85. The Hall–Kier alpha value is -1.24. The number of hydrogen-bond donors (Lipinski definition) is 2. The Labute approximate surface area is 127 Å². The van der Waals surface area contributed by atoms with Crippen molar-refractivity contribution in [1.82, 2.24) is 14.9 Å². The van der Waals surface area contributed by atoms with Gasteiger partial charge in [0, 0.05) is 24.3 Å². The van der Waals surface area contributed by atoms with Crippen LogP contribution in [0, 0.1) is 6.92 Å². The first kappa shape index (κ1) is 16.1. The minimum atomic E-state index is -0.0719. The lowest BCUT2D eigenvalue weighted by atomic mass is 10.0. The molecular weight excluding hydrogens is 266 g/mol. The summed E-state index contributed by atoms with van der Waals surface area (Å²) in [5.74, 6) is 7.41. The minimum absolute atomic E-state index is 0.0719. The number of nitrogens with one attached hydrogen (secondary N) is 1. The zero-order chi connectivity index (χ0) is 15.4. The SMILES string of the molecule is CCCN1CCOC(c2nc(C)c(C(C)C)c(NN)n2)C1. The van der Waals surface area contributed by atoms with Gasteiger partial charge in [-0.3, -0.25) is 4.90 Å². The molecule has 1 aromatic rings. The molecule has 1 aliphatic rings. The van der Waals surface area contributed by atoms with Crippen molar-refractivity contribution >= 4 is 5.82 Å². The molecule has 2 rings (SSSR count). The van der Waals surface area contributed by atoms with E-state index in [1.807, 2.05) is 6.92 Å². The van der Waals surface area contributed by atoms with E-state index in [0.29, 0.717) is 11.7 Å². The van der Waals surface area contributed by atoms with E-state index >= 15 is 0 Å². The van der Waals surface area contributed by atoms with Crippen LogP contribution in [0.25, 0.3) is 0 Å². The van der Waals surface area contributed by atoms with Crippen LogP contribution in [0.5, 0.6) is 0 Å². The van der Waals surface area contributed by atoms with Gasteiger partial charge in [-0.2, -0.15) is 0 Å². The smallest absolute Gasteiger partial charge is 0.161 e. The number of rotatable bonds is 5. The van der Waals surface area contributed by atoms with Crippen molar-refractivity contribution in [3.63, 3.8) is 0 Å². The fourth-order valence-electron chi connectivity index (χ4n) is 2.93. The number of aryl methyl sites for hydroxylation is 1. The number of morpholine rings is 1. The molecule has 0 bridgehead atoms. The lowest BCUT2D eigenvalue weighted by molar-refractivity contribution is -0.0342. The van der Waals surface area contributed by atoms with Gasteiger partial charge in [0.15, 0.2) is 5.82 Å². The highest BCUT2D eigenvalue weighted by atomic mass is 16.5. The number of nitrogen functional groups attached to an aromatic ring is 1. The lowest BCUT2D eigenvalue weighted by Crippen LogP contribution is -2.39. The van der Waals surface area contributed by atoms with Crippen LogP contribution >= 0.6 is 0 Å². The maximum absolute atomic E-state index is 5.86. The first-order valence-corrected chi connectivity index (χ1v) is 7.75. The molecule has 6 heteroatoms. The van der Waals surface area contributed by atoms with Crippen LogP contribution in [-0.4, -0.2) is 41.1 Å². The fourth-order valence-corrected chi connectivity index (χ4v) is 2.93. The summed E-state index contributed by atoms with van der Waals surface area (Å²) in [4.78, 5) is 11.7. The molecular formula is C15H27N5O. The molecule has 0 spiro atoms. The molecule has 0 amide bonds. The van der Waals surface area contributed by atoms with Crippen molar-refractivity contribution in [2.24, 2.45) is 5.84 Å². The van der Waals surface area contributed by atoms with E-state index in [4.69, 9.17) is 10.6 Å². The van der Waals surface area contributed by atoms with Crippen LogP contribution in [0.1, 0.15) is 56.3 Å². The van der Waals surface area contributed by atoms with Crippen molar-refractivity contribution in [1.29, 1.82) is 0 Å². The Morgan fingerprint density at radius 3 is 2.81 bits per heavy atom. The standard InChI is InChI=1S/C15H27N5O/c1-5-6-20-7-8-21-12(9-20)14-17-11(4)13(10(2)3)15(18-14)19-16/h10,12H,5-9,16H2,1-4H3,(H,17,18,19). The zero-order valence-electron chi connectivity index (χ0n) is 13.5. The molecule has 1 saturated heterocycles. The summed E-state index contributed by atoms with van der Waals surface area (Å²) in [5.41, 5.74) is 4.76. The Morgan fingerprint density at radius 2 is 2.19 bits per heavy atom. The average Bonchev–Trinajstić information content (AvgIpc) is 2.46. The molecule has 0 saturated carbocycles. The van der Waals surface area contributed by atoms with E-state index in [2.05, 4.69) is 41.1 Å². The summed E-state index contributed by atoms with van der Waals surface area (Å²) in [6.07, 6.45) is 1.08. The van der Waals surface area contributed by atoms with Crippen molar-refractivity contribution in [2.45, 2.75) is 46.1 Å². The highest BCUT2D eigenvalue weighted by molar-refractivity contribution is 5.47. The lowest BCUT2D eigenvalue weighted by Gasteiger charge is -2.32. The van der Waals surface area contributed by atoms with Gasteiger partial charge in [0.2, 0.25) is 0 Å². The summed E-state index contributed by atoms with van der Waals surface area (Å²) >= 11 is 0. The van der Waals surface area contributed by atoms with Crippen molar-refractivity contribution in [3.05, 3.63) is 17.1 Å². The monoisotopic (exact) mass is 293 g/mol. The van der Waals surface area contributed by atoms with E-state index in [9.17, 15) is 0 Å². The molecule has 118 valence electrons. The van der Waals surface area contributed by atoms with E-state index in [-0.39, 0.29) is 6.10 Å². The average molecular weight is 293 g/mol. The van der Waals surface area contributed by atoms with Crippen molar-refractivity contribution in [3.8, 4) is 0 Å². The quantitative estimate of drug-likeness (QED) is 0.638. The number of hydrogen-bond acceptors (Lipinski definition) is 6. The summed E-state index contributed by atoms with van der Waals surface area (Å²) in [6, 6.07) is 0. The Balaban J connectivity index is 2.25. The van der Waals surface area contributed by atoms with Gasteiger partial charge in [-0.25, -0.2) is 15.8 Å². The predicted molar refractivity (Wildman–Crippen MR) is 84.1 cm³/mol. The highest BCUT2D eigenvalue weighted by Crippen LogP contribution is 2.28. The first-order chi connectivity index (χ1) is 10.1. The molecule has 3 N–H and O–H groups in total. The Morgan fingerprint density at radius 1 is 1.43 bits per heavy atom. The second-order valence-corrected chi connectivity index (χ2v) is 5.89. The van der Waals surface area contributed by atoms with Gasteiger partial charge in [-0.05, 0) is 25.8 Å². The van der Waals surface area contributed by atoms with Crippen LogP contribution < -0.4 is 11.3 Å². The van der Waals surface area contributed by atoms with Crippen LogP contribution in [0.4, 0.5) is 5.82 Å². The van der Waals surface area contributed by atoms with Gasteiger partial charge in [0.05, 0.1) is 6.61 Å². The van der Waals surface area contributed by atoms with Gasteiger partial charge in [-0.15, -0.1) is 0 Å². The summed E-state index contributed by atoms with van der Waals surface area (Å²) < 4.78 is 5.86. The topological polar surface area (TPSA) is 76.3 Å². The third-order valence-corrected chi connectivity index (χ3v) is 3.85. The van der Waals surface area contributed by atoms with E-state index in [1.165, 1.54) is 0 Å². The summed E-state index contributed by atoms with van der Waals surface area (Å²) in [6.45, 7) is 12.1. The molecule has 21 heavy (non-hydrogen) atoms. The normalized spacial score (nSPS) is 20.0. The van der Waals surface area contributed by atoms with Crippen LogP contribution in [0.15, 0.2) is 0 Å². The molecule has 0 aliphatic carbocycles. The molecule has 2 heterocycles. The maximum atomic E-state index is 5.86. The minimum Gasteiger partial charge on any atom is -0.368 e. The number of nitrogens with two attached hydrogens (primary N) is 1. The van der Waals surface area contributed by atoms with Crippen molar-refractivity contribution in [2.75, 3.05) is 31.7 Å². The zero-order valence-corrected chi connectivity index (χ0v) is 13.5. The first-order valence-electron chi connectivity index (χ1n) is 7.75. The number of hydrazine groups is 1. The number of ether oxygens (including phenoxy) is 1. The summed E-state index contributed by atoms with van der Waals surface area (Å²) in [5, 5.41) is 0. The van der Waals surface area contributed by atoms with Gasteiger partial charge in [0.25, 0.3) is 0 Å². The predicted octanol–water partition coefficient (Wildman–Crippen LogP) is 1.98. The number of aromatic nitrogens is 2. The van der Waals surface area contributed by atoms with E-state index in [1.54, 1.807) is 0 Å². The number of nitrogens with zero attached hydrogens (tertiary/aromatic N) is 3. The highest BCUT2D eigenvalue weighted by Gasteiger charge is 2.25. The molecule has 1 aromatic heterocycles. The number of anilines is 1. The van der Waals surface area contributed by atoms with Crippen LogP contribution in [0.2, 0.25) is 0 Å². The third kappa shape index (κ3) is 3.70. The van der Waals surface area contributed by atoms with Gasteiger partial charge >= 0.3 is 0 Å². The van der Waals surface area contributed by atoms with E-state index < -0.39 is 0 Å². The molecule has 0 aromatic carbocycles. The molecule has 1 unspecified atom stereocenters. The largest absolute Gasteiger partial charge is 0.368 e. The van der Waals surface area contributed by atoms with Crippen LogP contribution in [-0.2, 0) is 4.74 Å². The second kappa shape index (κ2) is 7.15.